The van der Waals surface area contributed by atoms with Crippen LogP contribution in [0.25, 0.3) is 22.2 Å². The molecule has 4 rings (SSSR count). The number of fused-ring (bicyclic) bond motifs is 1. The van der Waals surface area contributed by atoms with E-state index in [9.17, 15) is 4.79 Å². The summed E-state index contributed by atoms with van der Waals surface area (Å²) in [5, 5.41) is 1.06. The van der Waals surface area contributed by atoms with Gasteiger partial charge in [-0.3, -0.25) is 4.79 Å². The van der Waals surface area contributed by atoms with Crippen LogP contribution >= 0.6 is 0 Å². The number of aromatic nitrogens is 2. The van der Waals surface area contributed by atoms with E-state index in [0.717, 1.165) is 42.5 Å². The van der Waals surface area contributed by atoms with Gasteiger partial charge in [-0.25, -0.2) is 4.98 Å². The molecule has 0 unspecified atom stereocenters. The molecule has 1 aliphatic rings. The molecular formula is C21H24N4O. The van der Waals surface area contributed by atoms with Crippen LogP contribution in [0.4, 0.5) is 5.69 Å². The smallest absolute Gasteiger partial charge is 0.245 e. The average Bonchev–Trinajstić information content (AvgIpc) is 3.12. The van der Waals surface area contributed by atoms with Crippen LogP contribution in [-0.4, -0.2) is 33.9 Å². The SMILES string of the molecule is C=CC(=O)N1CCCCC1.Nc1cnc2[nH]cc(-c3ccccc3)c2c1. The van der Waals surface area contributed by atoms with E-state index in [1.165, 1.54) is 18.1 Å². The molecule has 134 valence electrons. The Hall–Kier alpha value is -3.08. The molecule has 0 saturated carbocycles. The molecule has 3 aromatic rings. The number of hydrogen-bond acceptors (Lipinski definition) is 3. The maximum atomic E-state index is 11.0. The summed E-state index contributed by atoms with van der Waals surface area (Å²) in [7, 11) is 0. The highest BCUT2D eigenvalue weighted by molar-refractivity contribution is 5.94. The van der Waals surface area contributed by atoms with E-state index in [0.29, 0.717) is 5.69 Å². The lowest BCUT2D eigenvalue weighted by Gasteiger charge is -2.25. The molecule has 26 heavy (non-hydrogen) atoms. The Kier molecular flexibility index (Phi) is 5.69. The van der Waals surface area contributed by atoms with Crippen molar-refractivity contribution in [1.29, 1.82) is 0 Å². The van der Waals surface area contributed by atoms with E-state index in [-0.39, 0.29) is 5.91 Å². The second-order valence-corrected chi connectivity index (χ2v) is 6.32. The van der Waals surface area contributed by atoms with Crippen molar-refractivity contribution in [2.75, 3.05) is 18.8 Å². The van der Waals surface area contributed by atoms with Crippen LogP contribution in [0.2, 0.25) is 0 Å². The Morgan fingerprint density at radius 1 is 1.19 bits per heavy atom. The first-order valence-corrected chi connectivity index (χ1v) is 8.88. The van der Waals surface area contributed by atoms with Gasteiger partial charge in [0, 0.05) is 30.2 Å². The molecule has 1 amide bonds. The van der Waals surface area contributed by atoms with Gasteiger partial charge in [-0.1, -0.05) is 36.9 Å². The third-order valence-corrected chi connectivity index (χ3v) is 4.48. The number of carbonyl (C=O) groups excluding carboxylic acids is 1. The van der Waals surface area contributed by atoms with Crippen LogP contribution in [0, 0.1) is 0 Å². The lowest BCUT2D eigenvalue weighted by molar-refractivity contribution is -0.126. The standard InChI is InChI=1S/C13H11N3.C8H13NO/c14-10-6-11-12(8-16-13(11)15-7-10)9-4-2-1-3-5-9;1-2-8(10)9-6-4-3-5-7-9/h1-8H,14H2,(H,15,16);2H,1,3-7H2. The molecule has 0 bridgehead atoms. The lowest BCUT2D eigenvalue weighted by atomic mass is 10.1. The molecule has 0 radical (unpaired) electrons. The third-order valence-electron chi connectivity index (χ3n) is 4.48. The number of nitrogens with zero attached hydrogens (tertiary/aromatic N) is 2. The zero-order chi connectivity index (χ0) is 18.4. The van der Waals surface area contributed by atoms with Crippen LogP contribution in [0.3, 0.4) is 0 Å². The summed E-state index contributed by atoms with van der Waals surface area (Å²) in [5.74, 6) is 0.0831. The lowest BCUT2D eigenvalue weighted by Crippen LogP contribution is -2.34. The fourth-order valence-corrected chi connectivity index (χ4v) is 3.12. The second-order valence-electron chi connectivity index (χ2n) is 6.32. The van der Waals surface area contributed by atoms with Gasteiger partial charge in [0.2, 0.25) is 5.91 Å². The predicted molar refractivity (Wildman–Crippen MR) is 107 cm³/mol. The van der Waals surface area contributed by atoms with Crippen LogP contribution in [0.15, 0.2) is 61.4 Å². The number of hydrogen-bond donors (Lipinski definition) is 2. The number of likely N-dealkylation sites (tertiary alicyclic amines) is 1. The van der Waals surface area contributed by atoms with Crippen molar-refractivity contribution in [2.45, 2.75) is 19.3 Å². The number of amides is 1. The van der Waals surface area contributed by atoms with Crippen LogP contribution in [-0.2, 0) is 4.79 Å². The number of H-pyrrole nitrogens is 1. The van der Waals surface area contributed by atoms with Crippen LogP contribution in [0.5, 0.6) is 0 Å². The zero-order valence-electron chi connectivity index (χ0n) is 14.8. The predicted octanol–water partition coefficient (Wildman–Crippen LogP) is 4.00. The topological polar surface area (TPSA) is 75.0 Å². The highest BCUT2D eigenvalue weighted by Gasteiger charge is 2.12. The van der Waals surface area contributed by atoms with Crippen LogP contribution in [0.1, 0.15) is 19.3 Å². The minimum atomic E-state index is 0.0831. The van der Waals surface area contributed by atoms with Gasteiger partial charge >= 0.3 is 0 Å². The van der Waals surface area contributed by atoms with Gasteiger partial charge in [0.25, 0.3) is 0 Å². The van der Waals surface area contributed by atoms with Crippen molar-refractivity contribution >= 4 is 22.6 Å². The number of benzene rings is 1. The molecular weight excluding hydrogens is 324 g/mol. The molecule has 2 aromatic heterocycles. The first kappa shape index (κ1) is 17.7. The summed E-state index contributed by atoms with van der Waals surface area (Å²) in [4.78, 5) is 20.2. The van der Waals surface area contributed by atoms with E-state index in [4.69, 9.17) is 5.73 Å². The van der Waals surface area contributed by atoms with E-state index in [1.54, 1.807) is 6.20 Å². The third kappa shape index (κ3) is 4.11. The van der Waals surface area contributed by atoms with Crippen molar-refractivity contribution in [2.24, 2.45) is 0 Å². The number of rotatable bonds is 2. The first-order valence-electron chi connectivity index (χ1n) is 8.88. The van der Waals surface area contributed by atoms with Gasteiger partial charge in [0.15, 0.2) is 0 Å². The highest BCUT2D eigenvalue weighted by atomic mass is 16.2. The Morgan fingerprint density at radius 3 is 2.62 bits per heavy atom. The normalized spacial score (nSPS) is 13.8. The molecule has 3 heterocycles. The quantitative estimate of drug-likeness (QED) is 0.688. The molecule has 1 aliphatic heterocycles. The van der Waals surface area contributed by atoms with Crippen molar-refractivity contribution in [1.82, 2.24) is 14.9 Å². The Balaban J connectivity index is 0.000000170. The minimum Gasteiger partial charge on any atom is -0.397 e. The van der Waals surface area contributed by atoms with Crippen molar-refractivity contribution in [3.8, 4) is 11.1 Å². The summed E-state index contributed by atoms with van der Waals surface area (Å²) in [6.45, 7) is 5.29. The minimum absolute atomic E-state index is 0.0831. The van der Waals surface area contributed by atoms with Gasteiger partial charge in [-0.15, -0.1) is 0 Å². The number of nitrogen functional groups attached to an aromatic ring is 1. The fourth-order valence-electron chi connectivity index (χ4n) is 3.12. The van der Waals surface area contributed by atoms with E-state index in [1.807, 2.05) is 35.4 Å². The molecule has 5 nitrogen and oxygen atoms in total. The number of carbonyl (C=O) groups is 1. The summed E-state index contributed by atoms with van der Waals surface area (Å²) in [5.41, 5.74) is 9.61. The van der Waals surface area contributed by atoms with Gasteiger partial charge in [-0.2, -0.15) is 0 Å². The van der Waals surface area contributed by atoms with Gasteiger partial charge in [0.1, 0.15) is 5.65 Å². The Bertz CT molecular complexity index is 879. The summed E-state index contributed by atoms with van der Waals surface area (Å²) >= 11 is 0. The number of anilines is 1. The van der Waals surface area contributed by atoms with Gasteiger partial charge < -0.3 is 15.6 Å². The van der Waals surface area contributed by atoms with Crippen molar-refractivity contribution < 1.29 is 4.79 Å². The molecule has 0 atom stereocenters. The number of piperidine rings is 1. The summed E-state index contributed by atoms with van der Waals surface area (Å²) in [6.07, 6.45) is 8.59. The zero-order valence-corrected chi connectivity index (χ0v) is 14.8. The van der Waals surface area contributed by atoms with E-state index < -0.39 is 0 Å². The van der Waals surface area contributed by atoms with Gasteiger partial charge in [0.05, 0.1) is 11.9 Å². The molecule has 1 fully saturated rings. The molecule has 5 heteroatoms. The molecule has 1 saturated heterocycles. The Labute approximate surface area is 153 Å². The highest BCUT2D eigenvalue weighted by Crippen LogP contribution is 2.28. The summed E-state index contributed by atoms with van der Waals surface area (Å²) in [6, 6.07) is 12.1. The van der Waals surface area contributed by atoms with Gasteiger partial charge in [-0.05, 0) is 37.0 Å². The molecule has 0 aliphatic carbocycles. The van der Waals surface area contributed by atoms with Crippen LogP contribution < -0.4 is 5.73 Å². The van der Waals surface area contributed by atoms with Crippen molar-refractivity contribution in [3.05, 3.63) is 61.4 Å². The molecule has 1 aromatic carbocycles. The molecule has 0 spiro atoms. The number of nitrogens with one attached hydrogen (secondary N) is 1. The maximum Gasteiger partial charge on any atom is 0.245 e. The van der Waals surface area contributed by atoms with E-state index in [2.05, 4.69) is 28.7 Å². The molecule has 3 N–H and O–H groups in total. The number of aromatic amines is 1. The largest absolute Gasteiger partial charge is 0.397 e. The number of pyridine rings is 1. The summed E-state index contributed by atoms with van der Waals surface area (Å²) < 4.78 is 0. The first-order chi connectivity index (χ1) is 12.7. The van der Waals surface area contributed by atoms with Crippen molar-refractivity contribution in [3.63, 3.8) is 0 Å². The monoisotopic (exact) mass is 348 g/mol. The van der Waals surface area contributed by atoms with E-state index >= 15 is 0 Å². The fraction of sp³-hybridized carbons (Fsp3) is 0.238. The maximum absolute atomic E-state index is 11.0. The number of nitrogens with two attached hydrogens (primary N) is 1. The Morgan fingerprint density at radius 2 is 1.92 bits per heavy atom. The second kappa shape index (κ2) is 8.34. The average molecular weight is 348 g/mol.